The average Bonchev–Trinajstić information content (AvgIpc) is 3.14. The Labute approximate surface area is 146 Å². The molecule has 0 radical (unpaired) electrons. The topological polar surface area (TPSA) is 45.7 Å². The van der Waals surface area contributed by atoms with Crippen molar-refractivity contribution < 1.29 is 9.53 Å². The van der Waals surface area contributed by atoms with E-state index in [2.05, 4.69) is 33.6 Å². The number of hydrogen-bond acceptors (Lipinski definition) is 5. The third-order valence-corrected chi connectivity index (χ3v) is 5.16. The molecule has 24 heavy (non-hydrogen) atoms. The zero-order chi connectivity index (χ0) is 16.9. The minimum Gasteiger partial charge on any atom is -0.378 e. The number of carbonyl (C=O) groups excluding carboxylic acids is 1. The maximum atomic E-state index is 12.8. The lowest BCUT2D eigenvalue weighted by molar-refractivity contribution is 0.0737. The fourth-order valence-electron chi connectivity index (χ4n) is 2.82. The van der Waals surface area contributed by atoms with Gasteiger partial charge in [-0.1, -0.05) is 0 Å². The quantitative estimate of drug-likeness (QED) is 0.836. The summed E-state index contributed by atoms with van der Waals surface area (Å²) < 4.78 is 5.39. The first-order valence-electron chi connectivity index (χ1n) is 8.22. The van der Waals surface area contributed by atoms with E-state index in [4.69, 9.17) is 4.74 Å². The molecular formula is C18H23N3O2S. The molecule has 3 rings (SSSR count). The summed E-state index contributed by atoms with van der Waals surface area (Å²) >= 11 is 1.68. The standard InChI is InChI=1S/C18H23N3O2S/c1-14(11-15-4-10-24-13-15)20(2)18(22)17-12-16(3-5-19-17)21-6-8-23-9-7-21/h3-5,10,12-14H,6-9,11H2,1-2H3. The first-order chi connectivity index (χ1) is 11.6. The normalized spacial score (nSPS) is 16.0. The van der Waals surface area contributed by atoms with E-state index in [-0.39, 0.29) is 11.9 Å². The highest BCUT2D eigenvalue weighted by Crippen LogP contribution is 2.18. The summed E-state index contributed by atoms with van der Waals surface area (Å²) in [5, 5.41) is 4.20. The number of aromatic nitrogens is 1. The number of nitrogens with zero attached hydrogens (tertiary/aromatic N) is 3. The molecule has 0 N–H and O–H groups in total. The van der Waals surface area contributed by atoms with Gasteiger partial charge in [-0.2, -0.15) is 11.3 Å². The summed E-state index contributed by atoms with van der Waals surface area (Å²) in [5.41, 5.74) is 2.80. The molecule has 6 heteroatoms. The van der Waals surface area contributed by atoms with Crippen LogP contribution in [0.1, 0.15) is 23.0 Å². The first kappa shape index (κ1) is 16.9. The maximum absolute atomic E-state index is 12.8. The average molecular weight is 345 g/mol. The monoisotopic (exact) mass is 345 g/mol. The van der Waals surface area contributed by atoms with Crippen molar-refractivity contribution >= 4 is 22.9 Å². The van der Waals surface area contributed by atoms with Crippen molar-refractivity contribution in [3.8, 4) is 0 Å². The van der Waals surface area contributed by atoms with Crippen LogP contribution in [0.4, 0.5) is 5.69 Å². The van der Waals surface area contributed by atoms with Crippen LogP contribution in [0.15, 0.2) is 35.2 Å². The number of rotatable bonds is 5. The van der Waals surface area contributed by atoms with E-state index in [0.717, 1.165) is 38.4 Å². The van der Waals surface area contributed by atoms with Crippen molar-refractivity contribution in [2.24, 2.45) is 0 Å². The van der Waals surface area contributed by atoms with Crippen LogP contribution in [0.5, 0.6) is 0 Å². The highest BCUT2D eigenvalue weighted by atomic mass is 32.1. The number of amides is 1. The minimum absolute atomic E-state index is 0.0344. The van der Waals surface area contributed by atoms with E-state index in [1.54, 1.807) is 22.4 Å². The van der Waals surface area contributed by atoms with Gasteiger partial charge in [-0.05, 0) is 47.9 Å². The van der Waals surface area contributed by atoms with Crippen LogP contribution in [0.2, 0.25) is 0 Å². The fraction of sp³-hybridized carbons (Fsp3) is 0.444. The Bertz CT molecular complexity index is 669. The molecule has 1 fully saturated rings. The molecule has 0 aromatic carbocycles. The van der Waals surface area contributed by atoms with Gasteiger partial charge in [0.05, 0.1) is 13.2 Å². The number of ether oxygens (including phenoxy) is 1. The van der Waals surface area contributed by atoms with E-state index in [1.165, 1.54) is 5.56 Å². The van der Waals surface area contributed by atoms with Crippen molar-refractivity contribution in [3.05, 3.63) is 46.4 Å². The van der Waals surface area contributed by atoms with E-state index < -0.39 is 0 Å². The smallest absolute Gasteiger partial charge is 0.272 e. The summed E-state index contributed by atoms with van der Waals surface area (Å²) in [5.74, 6) is -0.0344. The predicted octanol–water partition coefficient (Wildman–Crippen LogP) is 2.68. The second-order valence-electron chi connectivity index (χ2n) is 6.10. The highest BCUT2D eigenvalue weighted by Gasteiger charge is 2.20. The molecule has 1 unspecified atom stereocenters. The van der Waals surface area contributed by atoms with Crippen molar-refractivity contribution in [2.75, 3.05) is 38.3 Å². The number of morpholine rings is 1. The molecule has 0 aliphatic carbocycles. The Hall–Kier alpha value is -1.92. The second-order valence-corrected chi connectivity index (χ2v) is 6.88. The summed E-state index contributed by atoms with van der Waals surface area (Å²) in [6, 6.07) is 6.08. The molecule has 3 heterocycles. The van der Waals surface area contributed by atoms with Gasteiger partial charge < -0.3 is 14.5 Å². The molecule has 128 valence electrons. The molecule has 1 amide bonds. The molecule has 2 aromatic heterocycles. The van der Waals surface area contributed by atoms with Gasteiger partial charge >= 0.3 is 0 Å². The Morgan fingerprint density at radius 1 is 1.42 bits per heavy atom. The third kappa shape index (κ3) is 3.94. The number of hydrogen-bond donors (Lipinski definition) is 0. The first-order valence-corrected chi connectivity index (χ1v) is 9.16. The summed E-state index contributed by atoms with van der Waals surface area (Å²) in [6.07, 6.45) is 2.57. The van der Waals surface area contributed by atoms with Crippen molar-refractivity contribution in [1.29, 1.82) is 0 Å². The lowest BCUT2D eigenvalue weighted by Crippen LogP contribution is -2.38. The van der Waals surface area contributed by atoms with Gasteiger partial charge in [-0.3, -0.25) is 9.78 Å². The van der Waals surface area contributed by atoms with Gasteiger partial charge in [0, 0.05) is 38.1 Å². The Morgan fingerprint density at radius 2 is 2.21 bits per heavy atom. The summed E-state index contributed by atoms with van der Waals surface area (Å²) in [6.45, 7) is 5.22. The fourth-order valence-corrected chi connectivity index (χ4v) is 3.50. The number of thiophene rings is 1. The van der Waals surface area contributed by atoms with Gasteiger partial charge in [0.15, 0.2) is 0 Å². The van der Waals surface area contributed by atoms with Crippen molar-refractivity contribution in [2.45, 2.75) is 19.4 Å². The molecule has 1 atom stereocenters. The number of pyridine rings is 1. The van der Waals surface area contributed by atoms with Gasteiger partial charge in [0.25, 0.3) is 5.91 Å². The van der Waals surface area contributed by atoms with Gasteiger partial charge in [0.2, 0.25) is 0 Å². The van der Waals surface area contributed by atoms with Gasteiger partial charge in [-0.15, -0.1) is 0 Å². The molecular weight excluding hydrogens is 322 g/mol. The van der Waals surface area contributed by atoms with Crippen LogP contribution in [-0.4, -0.2) is 55.2 Å². The molecule has 1 aliphatic heterocycles. The summed E-state index contributed by atoms with van der Waals surface area (Å²) in [7, 11) is 1.85. The molecule has 0 saturated carbocycles. The molecule has 2 aromatic rings. The van der Waals surface area contributed by atoms with Crippen LogP contribution in [0.25, 0.3) is 0 Å². The van der Waals surface area contributed by atoms with Crippen molar-refractivity contribution in [3.63, 3.8) is 0 Å². The van der Waals surface area contributed by atoms with Crippen LogP contribution < -0.4 is 4.90 Å². The lowest BCUT2D eigenvalue weighted by Gasteiger charge is -2.29. The van der Waals surface area contributed by atoms with E-state index >= 15 is 0 Å². The maximum Gasteiger partial charge on any atom is 0.272 e. The number of carbonyl (C=O) groups is 1. The largest absolute Gasteiger partial charge is 0.378 e. The molecule has 0 spiro atoms. The van der Waals surface area contributed by atoms with Crippen molar-refractivity contribution in [1.82, 2.24) is 9.88 Å². The van der Waals surface area contributed by atoms with Crippen LogP contribution in [-0.2, 0) is 11.2 Å². The van der Waals surface area contributed by atoms with E-state index in [1.807, 2.05) is 19.2 Å². The van der Waals surface area contributed by atoms with Crippen LogP contribution in [0.3, 0.4) is 0 Å². The molecule has 5 nitrogen and oxygen atoms in total. The van der Waals surface area contributed by atoms with Gasteiger partial charge in [-0.25, -0.2) is 0 Å². The summed E-state index contributed by atoms with van der Waals surface area (Å²) in [4.78, 5) is 21.1. The van der Waals surface area contributed by atoms with E-state index in [0.29, 0.717) is 5.69 Å². The number of likely N-dealkylation sites (N-methyl/N-ethyl adjacent to an activating group) is 1. The van der Waals surface area contributed by atoms with Crippen LogP contribution in [0, 0.1) is 0 Å². The van der Waals surface area contributed by atoms with Crippen LogP contribution >= 0.6 is 11.3 Å². The zero-order valence-electron chi connectivity index (χ0n) is 14.1. The Kier molecular flexibility index (Phi) is 5.48. The predicted molar refractivity (Wildman–Crippen MR) is 96.8 cm³/mol. The molecule has 1 saturated heterocycles. The van der Waals surface area contributed by atoms with E-state index in [9.17, 15) is 4.79 Å². The third-order valence-electron chi connectivity index (χ3n) is 4.43. The second kappa shape index (κ2) is 7.77. The Morgan fingerprint density at radius 3 is 2.92 bits per heavy atom. The minimum atomic E-state index is -0.0344. The van der Waals surface area contributed by atoms with Gasteiger partial charge in [0.1, 0.15) is 5.69 Å². The highest BCUT2D eigenvalue weighted by molar-refractivity contribution is 7.07. The Balaban J connectivity index is 1.69. The zero-order valence-corrected chi connectivity index (χ0v) is 15.0. The molecule has 0 bridgehead atoms. The lowest BCUT2D eigenvalue weighted by atomic mass is 10.1. The number of anilines is 1. The molecule has 1 aliphatic rings. The SMILES string of the molecule is CC(Cc1ccsc1)N(C)C(=O)c1cc(N2CCOCC2)ccn1.